The Kier molecular flexibility index (Phi) is 5.55. The predicted molar refractivity (Wildman–Crippen MR) is 105 cm³/mol. The number of carbonyl (C=O) groups is 1. The number of hydrogen-bond acceptors (Lipinski definition) is 4. The molecular formula is C19H18F3N3O2S. The first-order valence-electron chi connectivity index (χ1n) is 8.38. The lowest BCUT2D eigenvalue weighted by Crippen LogP contribution is -2.38. The Labute approximate surface area is 164 Å². The Morgan fingerprint density at radius 2 is 1.79 bits per heavy atom. The third-order valence-electron chi connectivity index (χ3n) is 3.71. The van der Waals surface area contributed by atoms with E-state index in [4.69, 9.17) is 0 Å². The molecule has 3 rings (SSSR count). The Morgan fingerprint density at radius 1 is 1.14 bits per heavy atom. The number of nitrogens with one attached hydrogen (secondary N) is 1. The van der Waals surface area contributed by atoms with Gasteiger partial charge in [0, 0.05) is 10.4 Å². The van der Waals surface area contributed by atoms with E-state index >= 15 is 0 Å². The molecule has 1 N–H and O–H groups in total. The van der Waals surface area contributed by atoms with Gasteiger partial charge in [-0.05, 0) is 50.2 Å². The molecule has 0 radical (unpaired) electrons. The van der Waals surface area contributed by atoms with Crippen molar-refractivity contribution in [1.82, 2.24) is 0 Å². The molecule has 28 heavy (non-hydrogen) atoms. The van der Waals surface area contributed by atoms with Gasteiger partial charge in [-0.2, -0.15) is 0 Å². The van der Waals surface area contributed by atoms with Crippen LogP contribution in [0.5, 0.6) is 5.75 Å². The number of rotatable bonds is 3. The summed E-state index contributed by atoms with van der Waals surface area (Å²) < 4.78 is 40.9. The van der Waals surface area contributed by atoms with Crippen LogP contribution in [0.15, 0.2) is 59.6 Å². The van der Waals surface area contributed by atoms with Crippen molar-refractivity contribution >= 4 is 34.3 Å². The molecule has 0 aromatic heterocycles. The summed E-state index contributed by atoms with van der Waals surface area (Å²) in [6, 6.07) is 13.5. The van der Waals surface area contributed by atoms with E-state index in [2.05, 4.69) is 15.0 Å². The van der Waals surface area contributed by atoms with E-state index in [1.54, 1.807) is 24.3 Å². The molecule has 0 saturated carbocycles. The number of halogens is 3. The quantitative estimate of drug-likeness (QED) is 0.728. The van der Waals surface area contributed by atoms with Gasteiger partial charge in [0.25, 0.3) is 0 Å². The Morgan fingerprint density at radius 3 is 2.32 bits per heavy atom. The highest BCUT2D eigenvalue weighted by Crippen LogP contribution is 2.36. The zero-order valence-corrected chi connectivity index (χ0v) is 16.0. The number of alkyl halides is 3. The van der Waals surface area contributed by atoms with Crippen LogP contribution in [-0.4, -0.2) is 28.9 Å². The molecule has 1 heterocycles. The first-order valence-corrected chi connectivity index (χ1v) is 9.20. The topological polar surface area (TPSA) is 53.9 Å². The van der Waals surface area contributed by atoms with Crippen LogP contribution in [0.1, 0.15) is 13.8 Å². The average Bonchev–Trinajstić information content (AvgIpc) is 2.96. The van der Waals surface area contributed by atoms with Gasteiger partial charge in [-0.15, -0.1) is 13.2 Å². The van der Waals surface area contributed by atoms with E-state index in [0.29, 0.717) is 23.1 Å². The normalized spacial score (nSPS) is 15.7. The summed E-state index contributed by atoms with van der Waals surface area (Å²) >= 11 is 1.43. The predicted octanol–water partition coefficient (Wildman–Crippen LogP) is 5.51. The summed E-state index contributed by atoms with van der Waals surface area (Å²) in [6.07, 6.45) is -4.78. The molecule has 148 valence electrons. The third kappa shape index (κ3) is 5.19. The van der Waals surface area contributed by atoms with Crippen molar-refractivity contribution in [3.8, 4) is 5.75 Å². The Bertz CT molecular complexity index is 868. The van der Waals surface area contributed by atoms with Crippen LogP contribution in [0.25, 0.3) is 0 Å². The molecule has 0 bridgehead atoms. The molecule has 0 spiro atoms. The van der Waals surface area contributed by atoms with E-state index in [1.807, 2.05) is 19.9 Å². The average molecular weight is 409 g/mol. The first kappa shape index (κ1) is 20.1. The molecule has 2 aromatic rings. The van der Waals surface area contributed by atoms with Crippen molar-refractivity contribution in [2.45, 2.75) is 25.0 Å². The number of anilines is 2. The third-order valence-corrected chi connectivity index (χ3v) is 4.89. The maximum atomic E-state index is 12.9. The highest BCUT2D eigenvalue weighted by Gasteiger charge is 2.34. The molecule has 9 heteroatoms. The summed E-state index contributed by atoms with van der Waals surface area (Å²) in [6.45, 7) is 4.53. The summed E-state index contributed by atoms with van der Waals surface area (Å²) in [4.78, 5) is 18.7. The maximum absolute atomic E-state index is 12.9. The van der Waals surface area contributed by atoms with Crippen molar-refractivity contribution in [2.24, 2.45) is 4.99 Å². The van der Waals surface area contributed by atoms with Crippen molar-refractivity contribution in [3.05, 3.63) is 54.6 Å². The van der Waals surface area contributed by atoms with Crippen LogP contribution < -0.4 is 15.0 Å². The van der Waals surface area contributed by atoms with E-state index in [9.17, 15) is 18.0 Å². The highest BCUT2D eigenvalue weighted by atomic mass is 32.2. The fourth-order valence-electron chi connectivity index (χ4n) is 2.50. The molecule has 0 aliphatic carbocycles. The zero-order valence-electron chi connectivity index (χ0n) is 15.2. The minimum atomic E-state index is -4.78. The van der Waals surface area contributed by atoms with Gasteiger partial charge >= 0.3 is 12.4 Å². The van der Waals surface area contributed by atoms with Crippen molar-refractivity contribution < 1.29 is 22.7 Å². The van der Waals surface area contributed by atoms with Crippen molar-refractivity contribution in [1.29, 1.82) is 0 Å². The number of nitrogens with zero attached hydrogens (tertiary/aromatic N) is 2. The minimum absolute atomic E-state index is 0.181. The molecule has 0 fully saturated rings. The number of amides is 2. The summed E-state index contributed by atoms with van der Waals surface area (Å²) in [7, 11) is 0. The van der Waals surface area contributed by atoms with E-state index < -0.39 is 12.4 Å². The number of urea groups is 1. The number of thioether (sulfide) groups is 1. The first-order chi connectivity index (χ1) is 13.1. The Balaban J connectivity index is 1.87. The molecule has 0 atom stereocenters. The maximum Gasteiger partial charge on any atom is 0.573 e. The molecule has 1 aliphatic heterocycles. The number of para-hydroxylation sites is 1. The highest BCUT2D eigenvalue weighted by molar-refractivity contribution is 8.15. The SMILES string of the molecule is CC1(C)CN=C(N(C(=O)Nc2ccccc2)c2ccc(OC(F)(F)F)cc2)S1. The molecule has 2 aromatic carbocycles. The summed E-state index contributed by atoms with van der Waals surface area (Å²) in [5.74, 6) is -0.360. The fraction of sp³-hybridized carbons (Fsp3) is 0.263. The second kappa shape index (κ2) is 7.75. The lowest BCUT2D eigenvalue weighted by Gasteiger charge is -2.24. The van der Waals surface area contributed by atoms with Crippen LogP contribution in [0.4, 0.5) is 29.3 Å². The van der Waals surface area contributed by atoms with Crippen molar-refractivity contribution in [2.75, 3.05) is 16.8 Å². The number of aliphatic imine (C=N–C) groups is 1. The van der Waals surface area contributed by atoms with Gasteiger partial charge in [-0.25, -0.2) is 9.69 Å². The molecule has 0 saturated heterocycles. The number of amidine groups is 1. The molecule has 2 amide bonds. The second-order valence-electron chi connectivity index (χ2n) is 6.63. The van der Waals surface area contributed by atoms with E-state index in [1.165, 1.54) is 28.8 Å². The lowest BCUT2D eigenvalue weighted by atomic mass is 10.2. The second-order valence-corrected chi connectivity index (χ2v) is 8.31. The van der Waals surface area contributed by atoms with Crippen LogP contribution in [0.3, 0.4) is 0 Å². The van der Waals surface area contributed by atoms with Gasteiger partial charge in [-0.1, -0.05) is 30.0 Å². The van der Waals surface area contributed by atoms with Crippen molar-refractivity contribution in [3.63, 3.8) is 0 Å². The molecule has 1 aliphatic rings. The van der Waals surface area contributed by atoms with Gasteiger partial charge in [0.2, 0.25) is 0 Å². The number of carbonyl (C=O) groups excluding carboxylic acids is 1. The van der Waals surface area contributed by atoms with Crippen LogP contribution >= 0.6 is 11.8 Å². The monoisotopic (exact) mass is 409 g/mol. The van der Waals surface area contributed by atoms with Gasteiger partial charge in [0.15, 0.2) is 5.17 Å². The number of ether oxygens (including phenoxy) is 1. The molecule has 5 nitrogen and oxygen atoms in total. The van der Waals surface area contributed by atoms with Gasteiger partial charge in [0.1, 0.15) is 5.75 Å². The Hall–Kier alpha value is -2.68. The van der Waals surface area contributed by atoms with Gasteiger partial charge < -0.3 is 10.1 Å². The summed E-state index contributed by atoms with van der Waals surface area (Å²) in [5.41, 5.74) is 0.976. The van der Waals surface area contributed by atoms with Crippen LogP contribution in [-0.2, 0) is 0 Å². The summed E-state index contributed by atoms with van der Waals surface area (Å²) in [5, 5.41) is 3.25. The minimum Gasteiger partial charge on any atom is -0.406 e. The lowest BCUT2D eigenvalue weighted by molar-refractivity contribution is -0.274. The number of hydrogen-bond donors (Lipinski definition) is 1. The van der Waals surface area contributed by atoms with Crippen LogP contribution in [0, 0.1) is 0 Å². The molecule has 0 unspecified atom stereocenters. The van der Waals surface area contributed by atoms with E-state index in [0.717, 1.165) is 12.1 Å². The fourth-order valence-corrected chi connectivity index (χ4v) is 3.53. The molecular weight excluding hydrogens is 391 g/mol. The smallest absolute Gasteiger partial charge is 0.406 e. The zero-order chi connectivity index (χ0) is 20.4. The van der Waals surface area contributed by atoms with Gasteiger partial charge in [0.05, 0.1) is 12.2 Å². The van der Waals surface area contributed by atoms with Crippen LogP contribution in [0.2, 0.25) is 0 Å². The van der Waals surface area contributed by atoms with E-state index in [-0.39, 0.29) is 10.5 Å². The standard InChI is InChI=1S/C19H18F3N3O2S/c1-18(2)12-23-17(28-18)25(16(26)24-13-6-4-3-5-7-13)14-8-10-15(11-9-14)27-19(20,21)22/h3-11H,12H2,1-2H3,(H,24,26). The number of benzene rings is 2. The largest absolute Gasteiger partial charge is 0.573 e. The van der Waals surface area contributed by atoms with Gasteiger partial charge in [-0.3, -0.25) is 4.99 Å².